The molecule has 27 heavy (non-hydrogen) atoms. The monoisotopic (exact) mass is 387 g/mol. The van der Waals surface area contributed by atoms with E-state index in [1.807, 2.05) is 31.2 Å². The first kappa shape index (κ1) is 19.9. The van der Waals surface area contributed by atoms with Gasteiger partial charge in [0.2, 0.25) is 10.0 Å². The van der Waals surface area contributed by atoms with Crippen LogP contribution in [-0.2, 0) is 22.2 Å². The van der Waals surface area contributed by atoms with Crippen molar-refractivity contribution in [3.63, 3.8) is 0 Å². The lowest BCUT2D eigenvalue weighted by Crippen LogP contribution is -2.44. The molecule has 2 aromatic rings. The summed E-state index contributed by atoms with van der Waals surface area (Å²) in [6, 6.07) is 16.1. The van der Waals surface area contributed by atoms with Crippen LogP contribution in [0.5, 0.6) is 0 Å². The third kappa shape index (κ3) is 6.06. The molecule has 1 N–H and O–H groups in total. The molecule has 1 fully saturated rings. The van der Waals surface area contributed by atoms with Gasteiger partial charge in [0.15, 0.2) is 0 Å². The van der Waals surface area contributed by atoms with Crippen LogP contribution in [0.2, 0.25) is 0 Å². The van der Waals surface area contributed by atoms with Crippen LogP contribution in [0.25, 0.3) is 0 Å². The highest BCUT2D eigenvalue weighted by atomic mass is 32.2. The molecule has 5 nitrogen and oxygen atoms in total. The predicted octanol–water partition coefficient (Wildman–Crippen LogP) is 2.41. The molecule has 0 atom stereocenters. The Kier molecular flexibility index (Phi) is 6.52. The Morgan fingerprint density at radius 2 is 1.67 bits per heavy atom. The van der Waals surface area contributed by atoms with Gasteiger partial charge in [0.25, 0.3) is 0 Å². The number of likely N-dealkylation sites (N-methyl/N-ethyl adjacent to an activating group) is 1. The highest BCUT2D eigenvalue weighted by Crippen LogP contribution is 2.17. The van der Waals surface area contributed by atoms with E-state index in [4.69, 9.17) is 0 Å². The molecule has 1 aliphatic rings. The number of nitrogens with one attached hydrogen (secondary N) is 1. The molecule has 3 rings (SSSR count). The topological polar surface area (TPSA) is 52.7 Å². The number of hydrogen-bond acceptors (Lipinski definition) is 4. The normalized spacial score (nSPS) is 15.9. The van der Waals surface area contributed by atoms with Crippen LogP contribution >= 0.6 is 0 Å². The number of aryl methyl sites for hydroxylation is 1. The SMILES string of the molecule is Cc1cccc(CS(=O)(=O)NCCc2ccc(N3CCN(C)CC3)cc2)c1. The van der Waals surface area contributed by atoms with Crippen LogP contribution in [0.1, 0.15) is 16.7 Å². The van der Waals surface area contributed by atoms with Crippen LogP contribution in [0.4, 0.5) is 5.69 Å². The standard InChI is InChI=1S/C21H29N3O2S/c1-18-4-3-5-20(16-18)17-27(25,26)22-11-10-19-6-8-21(9-7-19)24-14-12-23(2)13-15-24/h3-9,16,22H,10-15,17H2,1-2H3. The summed E-state index contributed by atoms with van der Waals surface area (Å²) in [7, 11) is -1.16. The maximum absolute atomic E-state index is 12.3. The third-order valence-electron chi connectivity index (χ3n) is 4.98. The maximum Gasteiger partial charge on any atom is 0.215 e. The number of hydrogen-bond donors (Lipinski definition) is 1. The van der Waals surface area contributed by atoms with Crippen molar-refractivity contribution in [3.8, 4) is 0 Å². The van der Waals surface area contributed by atoms with Crippen molar-refractivity contribution in [2.75, 3.05) is 44.7 Å². The molecule has 0 unspecified atom stereocenters. The van der Waals surface area contributed by atoms with Crippen LogP contribution < -0.4 is 9.62 Å². The van der Waals surface area contributed by atoms with E-state index in [-0.39, 0.29) is 5.75 Å². The molecule has 0 saturated carbocycles. The fraction of sp³-hybridized carbons (Fsp3) is 0.429. The second-order valence-electron chi connectivity index (χ2n) is 7.35. The summed E-state index contributed by atoms with van der Waals surface area (Å²) >= 11 is 0. The van der Waals surface area contributed by atoms with Gasteiger partial charge in [0, 0.05) is 38.4 Å². The minimum absolute atomic E-state index is 0.0248. The predicted molar refractivity (Wildman–Crippen MR) is 112 cm³/mol. The average Bonchev–Trinajstić information content (AvgIpc) is 2.62. The molecular formula is C21H29N3O2S. The van der Waals surface area contributed by atoms with Crippen molar-refractivity contribution in [2.45, 2.75) is 19.1 Å². The van der Waals surface area contributed by atoms with E-state index in [0.29, 0.717) is 13.0 Å². The van der Waals surface area contributed by atoms with Crippen molar-refractivity contribution in [3.05, 3.63) is 65.2 Å². The molecule has 1 saturated heterocycles. The first-order valence-corrected chi connectivity index (χ1v) is 11.1. The Labute approximate surface area is 163 Å². The highest BCUT2D eigenvalue weighted by molar-refractivity contribution is 7.88. The Balaban J connectivity index is 1.48. The molecule has 0 aliphatic carbocycles. The zero-order valence-corrected chi connectivity index (χ0v) is 17.0. The quantitative estimate of drug-likeness (QED) is 0.793. The summed E-state index contributed by atoms with van der Waals surface area (Å²) in [5.74, 6) is 0.0248. The largest absolute Gasteiger partial charge is 0.369 e. The minimum atomic E-state index is -3.31. The lowest BCUT2D eigenvalue weighted by Gasteiger charge is -2.34. The molecule has 0 spiro atoms. The molecule has 0 aromatic heterocycles. The van der Waals surface area contributed by atoms with Crippen LogP contribution in [0, 0.1) is 6.92 Å². The Bertz CT molecular complexity index is 842. The molecule has 0 amide bonds. The van der Waals surface area contributed by atoms with Crippen molar-refractivity contribution in [2.24, 2.45) is 0 Å². The van der Waals surface area contributed by atoms with Gasteiger partial charge in [0.1, 0.15) is 0 Å². The molecule has 146 valence electrons. The molecule has 0 radical (unpaired) electrons. The fourth-order valence-electron chi connectivity index (χ4n) is 3.36. The number of sulfonamides is 1. The Morgan fingerprint density at radius 3 is 2.33 bits per heavy atom. The van der Waals surface area contributed by atoms with E-state index in [9.17, 15) is 8.42 Å². The molecular weight excluding hydrogens is 358 g/mol. The van der Waals surface area contributed by atoms with E-state index >= 15 is 0 Å². The number of benzene rings is 2. The zero-order valence-electron chi connectivity index (χ0n) is 16.2. The smallest absolute Gasteiger partial charge is 0.215 e. The van der Waals surface area contributed by atoms with Gasteiger partial charge in [-0.05, 0) is 43.7 Å². The zero-order chi connectivity index (χ0) is 19.3. The molecule has 2 aromatic carbocycles. The lowest BCUT2D eigenvalue weighted by molar-refractivity contribution is 0.313. The second kappa shape index (κ2) is 8.87. The van der Waals surface area contributed by atoms with Gasteiger partial charge >= 0.3 is 0 Å². The number of rotatable bonds is 7. The van der Waals surface area contributed by atoms with E-state index in [1.54, 1.807) is 0 Å². The van der Waals surface area contributed by atoms with Crippen LogP contribution in [-0.4, -0.2) is 53.1 Å². The number of nitrogens with zero attached hydrogens (tertiary/aromatic N) is 2. The van der Waals surface area contributed by atoms with Gasteiger partial charge in [-0.1, -0.05) is 42.0 Å². The van der Waals surface area contributed by atoms with Crippen molar-refractivity contribution < 1.29 is 8.42 Å². The lowest BCUT2D eigenvalue weighted by atomic mass is 10.1. The number of anilines is 1. The minimum Gasteiger partial charge on any atom is -0.369 e. The van der Waals surface area contributed by atoms with Crippen LogP contribution in [0.3, 0.4) is 0 Å². The van der Waals surface area contributed by atoms with Crippen molar-refractivity contribution in [1.82, 2.24) is 9.62 Å². The van der Waals surface area contributed by atoms with E-state index in [1.165, 1.54) is 5.69 Å². The highest BCUT2D eigenvalue weighted by Gasteiger charge is 2.14. The molecule has 6 heteroatoms. The fourth-order valence-corrected chi connectivity index (χ4v) is 4.49. The van der Waals surface area contributed by atoms with E-state index < -0.39 is 10.0 Å². The maximum atomic E-state index is 12.3. The van der Waals surface area contributed by atoms with Gasteiger partial charge in [-0.2, -0.15) is 0 Å². The van der Waals surface area contributed by atoms with Gasteiger partial charge in [-0.3, -0.25) is 0 Å². The molecule has 1 heterocycles. The third-order valence-corrected chi connectivity index (χ3v) is 6.34. The van der Waals surface area contributed by atoms with Crippen LogP contribution in [0.15, 0.2) is 48.5 Å². The molecule has 1 aliphatic heterocycles. The van der Waals surface area contributed by atoms with E-state index in [2.05, 4.69) is 45.8 Å². The summed E-state index contributed by atoms with van der Waals surface area (Å²) in [6.07, 6.45) is 0.691. The Morgan fingerprint density at radius 1 is 0.963 bits per heavy atom. The van der Waals surface area contributed by atoms with Gasteiger partial charge in [-0.25, -0.2) is 13.1 Å². The number of piperazine rings is 1. The van der Waals surface area contributed by atoms with Gasteiger partial charge in [0.05, 0.1) is 5.75 Å². The van der Waals surface area contributed by atoms with Gasteiger partial charge in [-0.15, -0.1) is 0 Å². The second-order valence-corrected chi connectivity index (χ2v) is 9.16. The average molecular weight is 388 g/mol. The summed E-state index contributed by atoms with van der Waals surface area (Å²) in [5.41, 5.74) is 4.28. The first-order valence-electron chi connectivity index (χ1n) is 9.47. The van der Waals surface area contributed by atoms with Gasteiger partial charge < -0.3 is 9.80 Å². The van der Waals surface area contributed by atoms with Crippen molar-refractivity contribution >= 4 is 15.7 Å². The summed E-state index contributed by atoms with van der Waals surface area (Å²) in [5, 5.41) is 0. The van der Waals surface area contributed by atoms with Crippen molar-refractivity contribution in [1.29, 1.82) is 0 Å². The Hall–Kier alpha value is -1.89. The summed E-state index contributed by atoms with van der Waals surface area (Å²) < 4.78 is 27.2. The first-order chi connectivity index (χ1) is 12.9. The summed E-state index contributed by atoms with van der Waals surface area (Å²) in [6.45, 7) is 6.66. The summed E-state index contributed by atoms with van der Waals surface area (Å²) in [4.78, 5) is 4.74. The molecule has 0 bridgehead atoms. The van der Waals surface area contributed by atoms with E-state index in [0.717, 1.165) is 42.9 Å².